The summed E-state index contributed by atoms with van der Waals surface area (Å²) in [5, 5.41) is 22.8. The largest absolute Gasteiger partial charge is 0.396 e. The van der Waals surface area contributed by atoms with E-state index in [4.69, 9.17) is 22.6 Å². The zero-order valence-electron chi connectivity index (χ0n) is 11.1. The maximum Gasteiger partial charge on any atom is 0.101 e. The fourth-order valence-electron chi connectivity index (χ4n) is 2.45. The van der Waals surface area contributed by atoms with Crippen molar-refractivity contribution in [2.24, 2.45) is 0 Å². The van der Waals surface area contributed by atoms with Crippen LogP contribution in [0.15, 0.2) is 12.1 Å². The molecule has 20 heavy (non-hydrogen) atoms. The van der Waals surface area contributed by atoms with Crippen molar-refractivity contribution >= 4 is 29.7 Å². The van der Waals surface area contributed by atoms with Crippen molar-refractivity contribution in [3.63, 3.8) is 0 Å². The SMILES string of the molecule is Cl.N#Cc1cc([C@H](O)CNC2CCCC2)cc(Cl)c1N. The summed E-state index contributed by atoms with van der Waals surface area (Å²) in [5.41, 5.74) is 6.89. The molecule has 0 bridgehead atoms. The van der Waals surface area contributed by atoms with Gasteiger partial charge in [0, 0.05) is 12.6 Å². The molecule has 110 valence electrons. The molecule has 4 N–H and O–H groups in total. The molecule has 2 rings (SSSR count). The summed E-state index contributed by atoms with van der Waals surface area (Å²) < 4.78 is 0. The summed E-state index contributed by atoms with van der Waals surface area (Å²) >= 11 is 5.96. The first-order valence-corrected chi connectivity index (χ1v) is 6.90. The van der Waals surface area contributed by atoms with Crippen LogP contribution in [-0.2, 0) is 0 Å². The molecule has 1 aromatic rings. The Labute approximate surface area is 130 Å². The highest BCUT2D eigenvalue weighted by atomic mass is 35.5. The number of aliphatic hydroxyl groups is 1. The molecule has 1 aliphatic rings. The van der Waals surface area contributed by atoms with E-state index in [1.54, 1.807) is 12.1 Å². The van der Waals surface area contributed by atoms with Gasteiger partial charge in [0.25, 0.3) is 0 Å². The Balaban J connectivity index is 0.00000200. The highest BCUT2D eigenvalue weighted by Gasteiger charge is 2.17. The third-order valence-corrected chi connectivity index (χ3v) is 3.92. The third kappa shape index (κ3) is 4.00. The van der Waals surface area contributed by atoms with Gasteiger partial charge in [0.2, 0.25) is 0 Å². The number of nitrogens with one attached hydrogen (secondary N) is 1. The lowest BCUT2D eigenvalue weighted by atomic mass is 10.0. The number of nitrogen functional groups attached to an aromatic ring is 1. The van der Waals surface area contributed by atoms with E-state index in [2.05, 4.69) is 5.32 Å². The second kappa shape index (κ2) is 7.70. The first-order chi connectivity index (χ1) is 9.11. The summed E-state index contributed by atoms with van der Waals surface area (Å²) in [6.07, 6.45) is 4.16. The highest BCUT2D eigenvalue weighted by Crippen LogP contribution is 2.27. The molecule has 1 aromatic carbocycles. The first-order valence-electron chi connectivity index (χ1n) is 6.52. The highest BCUT2D eigenvalue weighted by molar-refractivity contribution is 6.33. The predicted octanol–water partition coefficient (Wildman–Crippen LogP) is 2.78. The van der Waals surface area contributed by atoms with Gasteiger partial charge in [-0.05, 0) is 30.5 Å². The zero-order valence-corrected chi connectivity index (χ0v) is 12.7. The van der Waals surface area contributed by atoms with E-state index in [0.29, 0.717) is 28.7 Å². The molecule has 0 saturated heterocycles. The van der Waals surface area contributed by atoms with Crippen LogP contribution in [0.25, 0.3) is 0 Å². The average molecular weight is 316 g/mol. The van der Waals surface area contributed by atoms with E-state index >= 15 is 0 Å². The quantitative estimate of drug-likeness (QED) is 0.746. The number of rotatable bonds is 4. The minimum Gasteiger partial charge on any atom is -0.396 e. The van der Waals surface area contributed by atoms with Gasteiger partial charge in [-0.25, -0.2) is 0 Å². The molecular formula is C14H19Cl2N3O. The van der Waals surface area contributed by atoms with E-state index in [1.807, 2.05) is 6.07 Å². The van der Waals surface area contributed by atoms with Gasteiger partial charge in [-0.1, -0.05) is 24.4 Å². The molecule has 1 fully saturated rings. The Morgan fingerprint density at radius 2 is 2.10 bits per heavy atom. The fourth-order valence-corrected chi connectivity index (χ4v) is 2.68. The normalized spacial score (nSPS) is 16.4. The van der Waals surface area contributed by atoms with Crippen molar-refractivity contribution in [3.8, 4) is 6.07 Å². The maximum atomic E-state index is 10.1. The number of hydrogen-bond donors (Lipinski definition) is 3. The van der Waals surface area contributed by atoms with Crippen molar-refractivity contribution in [2.45, 2.75) is 37.8 Å². The summed E-state index contributed by atoms with van der Waals surface area (Å²) in [5.74, 6) is 0. The van der Waals surface area contributed by atoms with Gasteiger partial charge in [0.1, 0.15) is 6.07 Å². The summed E-state index contributed by atoms with van der Waals surface area (Å²) in [7, 11) is 0. The molecule has 1 saturated carbocycles. The average Bonchev–Trinajstić information content (AvgIpc) is 2.92. The molecule has 4 nitrogen and oxygen atoms in total. The smallest absolute Gasteiger partial charge is 0.101 e. The summed E-state index contributed by atoms with van der Waals surface area (Å²) in [6, 6.07) is 5.71. The molecule has 6 heteroatoms. The third-order valence-electron chi connectivity index (χ3n) is 3.61. The molecule has 0 radical (unpaired) electrons. The minimum absolute atomic E-state index is 0. The Morgan fingerprint density at radius 3 is 2.70 bits per heavy atom. The number of benzene rings is 1. The molecule has 0 unspecified atom stereocenters. The van der Waals surface area contributed by atoms with Gasteiger partial charge in [0.15, 0.2) is 0 Å². The summed E-state index contributed by atoms with van der Waals surface area (Å²) in [4.78, 5) is 0. The number of halogens is 2. The van der Waals surface area contributed by atoms with Crippen molar-refractivity contribution in [1.82, 2.24) is 5.32 Å². The topological polar surface area (TPSA) is 82.1 Å². The van der Waals surface area contributed by atoms with Gasteiger partial charge >= 0.3 is 0 Å². The van der Waals surface area contributed by atoms with Crippen molar-refractivity contribution in [1.29, 1.82) is 5.26 Å². The van der Waals surface area contributed by atoms with Crippen molar-refractivity contribution in [3.05, 3.63) is 28.3 Å². The van der Waals surface area contributed by atoms with Crippen LogP contribution >= 0.6 is 24.0 Å². The zero-order chi connectivity index (χ0) is 13.8. The van der Waals surface area contributed by atoms with Crippen molar-refractivity contribution < 1.29 is 5.11 Å². The van der Waals surface area contributed by atoms with Gasteiger partial charge in [-0.3, -0.25) is 0 Å². The Hall–Kier alpha value is -0.990. The molecule has 0 amide bonds. The monoisotopic (exact) mass is 315 g/mol. The molecule has 0 heterocycles. The Morgan fingerprint density at radius 1 is 1.45 bits per heavy atom. The molecule has 0 aromatic heterocycles. The lowest BCUT2D eigenvalue weighted by Gasteiger charge is -2.17. The van der Waals surface area contributed by atoms with E-state index in [-0.39, 0.29) is 18.1 Å². The van der Waals surface area contributed by atoms with Crippen LogP contribution in [0.5, 0.6) is 0 Å². The van der Waals surface area contributed by atoms with Crippen LogP contribution in [0, 0.1) is 11.3 Å². The number of nitrogens with two attached hydrogens (primary N) is 1. The second-order valence-electron chi connectivity index (χ2n) is 4.98. The number of aliphatic hydroxyl groups excluding tert-OH is 1. The van der Waals surface area contributed by atoms with Crippen LogP contribution in [0.1, 0.15) is 42.9 Å². The van der Waals surface area contributed by atoms with E-state index in [9.17, 15) is 5.11 Å². The number of nitriles is 1. The summed E-state index contributed by atoms with van der Waals surface area (Å²) in [6.45, 7) is 0.468. The Bertz CT molecular complexity index is 496. The van der Waals surface area contributed by atoms with E-state index < -0.39 is 6.10 Å². The fraction of sp³-hybridized carbons (Fsp3) is 0.500. The van der Waals surface area contributed by atoms with E-state index in [0.717, 1.165) is 0 Å². The van der Waals surface area contributed by atoms with Crippen LogP contribution in [0.4, 0.5) is 5.69 Å². The maximum absolute atomic E-state index is 10.1. The lowest BCUT2D eigenvalue weighted by molar-refractivity contribution is 0.170. The van der Waals surface area contributed by atoms with Crippen molar-refractivity contribution in [2.75, 3.05) is 12.3 Å². The van der Waals surface area contributed by atoms with Crippen LogP contribution < -0.4 is 11.1 Å². The number of hydrogen-bond acceptors (Lipinski definition) is 4. The molecule has 0 aliphatic heterocycles. The van der Waals surface area contributed by atoms with Gasteiger partial charge in [-0.15, -0.1) is 12.4 Å². The molecule has 1 aliphatic carbocycles. The van der Waals surface area contributed by atoms with Crippen LogP contribution in [0.2, 0.25) is 5.02 Å². The predicted molar refractivity (Wildman–Crippen MR) is 83.0 cm³/mol. The van der Waals surface area contributed by atoms with Gasteiger partial charge in [0.05, 0.1) is 22.4 Å². The van der Waals surface area contributed by atoms with Gasteiger partial charge in [-0.2, -0.15) is 5.26 Å². The molecule has 1 atom stereocenters. The minimum atomic E-state index is -0.675. The van der Waals surface area contributed by atoms with Crippen LogP contribution in [0.3, 0.4) is 0 Å². The van der Waals surface area contributed by atoms with Crippen LogP contribution in [-0.4, -0.2) is 17.7 Å². The first kappa shape index (κ1) is 17.1. The van der Waals surface area contributed by atoms with Gasteiger partial charge < -0.3 is 16.2 Å². The lowest BCUT2D eigenvalue weighted by Crippen LogP contribution is -2.30. The molecular weight excluding hydrogens is 297 g/mol. The second-order valence-corrected chi connectivity index (χ2v) is 5.39. The molecule has 0 spiro atoms. The standard InChI is InChI=1S/C14H18ClN3O.ClH/c15-12-6-9(5-10(7-16)14(12)17)13(19)8-18-11-3-1-2-4-11;/h5-6,11,13,18-19H,1-4,8,17H2;1H/t13-;/m1./s1. The van der Waals surface area contributed by atoms with E-state index in [1.165, 1.54) is 25.7 Å². The number of nitrogens with zero attached hydrogens (tertiary/aromatic N) is 1. The Kier molecular flexibility index (Phi) is 6.57. The number of anilines is 1.